The lowest BCUT2D eigenvalue weighted by atomic mass is 10.2. The SMILES string of the molecule is C=C(SC(C)(C)C)c1ccccc1. The van der Waals surface area contributed by atoms with E-state index < -0.39 is 0 Å². The topological polar surface area (TPSA) is 0 Å². The molecule has 0 heterocycles. The number of benzene rings is 1. The van der Waals surface area contributed by atoms with E-state index in [9.17, 15) is 0 Å². The first-order valence-corrected chi connectivity index (χ1v) is 5.24. The summed E-state index contributed by atoms with van der Waals surface area (Å²) in [5, 5.41) is 0. The van der Waals surface area contributed by atoms with E-state index in [-0.39, 0.29) is 4.75 Å². The molecule has 0 unspecified atom stereocenters. The first kappa shape index (κ1) is 10.4. The highest BCUT2D eigenvalue weighted by molar-refractivity contribution is 8.09. The molecule has 0 saturated heterocycles. The molecular weight excluding hydrogens is 176 g/mol. The predicted octanol–water partition coefficient (Wildman–Crippen LogP) is 4.19. The minimum atomic E-state index is 0.243. The summed E-state index contributed by atoms with van der Waals surface area (Å²) in [5.41, 5.74) is 1.22. The van der Waals surface area contributed by atoms with E-state index in [0.717, 1.165) is 4.91 Å². The molecule has 0 atom stereocenters. The maximum atomic E-state index is 4.07. The van der Waals surface area contributed by atoms with Gasteiger partial charge in [-0.25, -0.2) is 0 Å². The van der Waals surface area contributed by atoms with E-state index in [4.69, 9.17) is 0 Å². The van der Waals surface area contributed by atoms with Crippen molar-refractivity contribution in [2.75, 3.05) is 0 Å². The Kier molecular flexibility index (Phi) is 3.21. The summed E-state index contributed by atoms with van der Waals surface area (Å²) in [4.78, 5) is 1.15. The Morgan fingerprint density at radius 3 is 2.15 bits per heavy atom. The summed E-state index contributed by atoms with van der Waals surface area (Å²) in [6.45, 7) is 10.7. The molecule has 13 heavy (non-hydrogen) atoms. The van der Waals surface area contributed by atoms with Crippen molar-refractivity contribution >= 4 is 16.7 Å². The van der Waals surface area contributed by atoms with E-state index in [0.29, 0.717) is 0 Å². The molecule has 0 spiro atoms. The van der Waals surface area contributed by atoms with Crippen LogP contribution in [0.25, 0.3) is 4.91 Å². The van der Waals surface area contributed by atoms with Gasteiger partial charge in [-0.15, -0.1) is 11.8 Å². The average molecular weight is 192 g/mol. The lowest BCUT2D eigenvalue weighted by Crippen LogP contribution is -2.06. The Morgan fingerprint density at radius 2 is 1.69 bits per heavy atom. The third-order valence-electron chi connectivity index (χ3n) is 1.53. The molecule has 0 aliphatic rings. The smallest absolute Gasteiger partial charge is 0.0122 e. The zero-order valence-corrected chi connectivity index (χ0v) is 9.32. The van der Waals surface area contributed by atoms with Crippen LogP contribution in [0.15, 0.2) is 36.9 Å². The van der Waals surface area contributed by atoms with E-state index in [2.05, 4.69) is 39.5 Å². The van der Waals surface area contributed by atoms with Crippen molar-refractivity contribution in [3.8, 4) is 0 Å². The molecule has 70 valence electrons. The van der Waals surface area contributed by atoms with Gasteiger partial charge in [0.25, 0.3) is 0 Å². The van der Waals surface area contributed by atoms with Crippen molar-refractivity contribution in [2.45, 2.75) is 25.5 Å². The predicted molar refractivity (Wildman–Crippen MR) is 62.8 cm³/mol. The first-order valence-electron chi connectivity index (χ1n) is 4.42. The van der Waals surface area contributed by atoms with Crippen LogP contribution in [0.5, 0.6) is 0 Å². The highest BCUT2D eigenvalue weighted by Gasteiger charge is 2.13. The van der Waals surface area contributed by atoms with Crippen LogP contribution >= 0.6 is 11.8 Å². The molecule has 0 amide bonds. The normalized spacial score (nSPS) is 11.3. The molecule has 0 fully saturated rings. The van der Waals surface area contributed by atoms with Crippen LogP contribution in [0, 0.1) is 0 Å². The van der Waals surface area contributed by atoms with Gasteiger partial charge < -0.3 is 0 Å². The Bertz CT molecular complexity index is 280. The van der Waals surface area contributed by atoms with Gasteiger partial charge >= 0.3 is 0 Å². The molecule has 0 aliphatic heterocycles. The molecule has 0 aromatic heterocycles. The second-order valence-electron chi connectivity index (χ2n) is 4.00. The van der Waals surface area contributed by atoms with E-state index in [1.54, 1.807) is 0 Å². The lowest BCUT2D eigenvalue weighted by Gasteiger charge is -2.19. The van der Waals surface area contributed by atoms with Crippen molar-refractivity contribution in [3.63, 3.8) is 0 Å². The summed E-state index contributed by atoms with van der Waals surface area (Å²) in [6.07, 6.45) is 0. The highest BCUT2D eigenvalue weighted by atomic mass is 32.2. The summed E-state index contributed by atoms with van der Waals surface area (Å²) < 4.78 is 0.243. The van der Waals surface area contributed by atoms with Gasteiger partial charge in [-0.05, 0) is 5.56 Å². The van der Waals surface area contributed by atoms with Crippen molar-refractivity contribution < 1.29 is 0 Å². The molecule has 0 radical (unpaired) electrons. The van der Waals surface area contributed by atoms with Gasteiger partial charge in [-0.3, -0.25) is 0 Å². The molecule has 0 nitrogen and oxygen atoms in total. The third-order valence-corrected chi connectivity index (χ3v) is 2.62. The van der Waals surface area contributed by atoms with Gasteiger partial charge in [0, 0.05) is 9.65 Å². The fourth-order valence-corrected chi connectivity index (χ4v) is 2.05. The van der Waals surface area contributed by atoms with Crippen LogP contribution in [-0.4, -0.2) is 4.75 Å². The maximum absolute atomic E-state index is 4.07. The van der Waals surface area contributed by atoms with Crippen LogP contribution in [0.2, 0.25) is 0 Å². The fourth-order valence-electron chi connectivity index (χ4n) is 1.05. The monoisotopic (exact) mass is 192 g/mol. The van der Waals surface area contributed by atoms with E-state index in [1.165, 1.54) is 5.56 Å². The van der Waals surface area contributed by atoms with Crippen LogP contribution in [0.3, 0.4) is 0 Å². The molecule has 0 aliphatic carbocycles. The van der Waals surface area contributed by atoms with Crippen molar-refractivity contribution in [3.05, 3.63) is 42.5 Å². The summed E-state index contributed by atoms with van der Waals surface area (Å²) in [7, 11) is 0. The van der Waals surface area contributed by atoms with Crippen LogP contribution in [-0.2, 0) is 0 Å². The first-order chi connectivity index (χ1) is 5.99. The second kappa shape index (κ2) is 4.01. The van der Waals surface area contributed by atoms with Gasteiger partial charge in [0.2, 0.25) is 0 Å². The second-order valence-corrected chi connectivity index (χ2v) is 5.93. The summed E-state index contributed by atoms with van der Waals surface area (Å²) >= 11 is 1.82. The summed E-state index contributed by atoms with van der Waals surface area (Å²) in [5.74, 6) is 0. The molecular formula is C12H16S. The Balaban J connectivity index is 2.71. The zero-order valence-electron chi connectivity index (χ0n) is 8.50. The van der Waals surface area contributed by atoms with E-state index in [1.807, 2.05) is 30.0 Å². The van der Waals surface area contributed by atoms with Gasteiger partial charge in [0.1, 0.15) is 0 Å². The van der Waals surface area contributed by atoms with E-state index >= 15 is 0 Å². The third kappa shape index (κ3) is 3.69. The number of hydrogen-bond acceptors (Lipinski definition) is 1. The molecule has 0 N–H and O–H groups in total. The standard InChI is InChI=1S/C12H16S/c1-10(13-12(2,3)4)11-8-6-5-7-9-11/h5-9H,1H2,2-4H3. The number of rotatable bonds is 2. The number of thioether (sulfide) groups is 1. The fraction of sp³-hybridized carbons (Fsp3) is 0.333. The Hall–Kier alpha value is -0.690. The van der Waals surface area contributed by atoms with Gasteiger partial charge in [-0.1, -0.05) is 57.7 Å². The van der Waals surface area contributed by atoms with Crippen molar-refractivity contribution in [1.29, 1.82) is 0 Å². The average Bonchev–Trinajstić information content (AvgIpc) is 2.03. The Labute approximate surface area is 85.1 Å². The molecule has 1 rings (SSSR count). The molecule has 1 aromatic rings. The van der Waals surface area contributed by atoms with Crippen LogP contribution < -0.4 is 0 Å². The molecule has 1 aromatic carbocycles. The largest absolute Gasteiger partial charge is 0.120 e. The highest BCUT2D eigenvalue weighted by Crippen LogP contribution is 2.35. The van der Waals surface area contributed by atoms with Crippen LogP contribution in [0.4, 0.5) is 0 Å². The minimum absolute atomic E-state index is 0.243. The van der Waals surface area contributed by atoms with Crippen molar-refractivity contribution in [2.24, 2.45) is 0 Å². The molecule has 0 saturated carbocycles. The van der Waals surface area contributed by atoms with Crippen LogP contribution in [0.1, 0.15) is 26.3 Å². The lowest BCUT2D eigenvalue weighted by molar-refractivity contribution is 0.808. The van der Waals surface area contributed by atoms with Crippen molar-refractivity contribution in [1.82, 2.24) is 0 Å². The van der Waals surface area contributed by atoms with Gasteiger partial charge in [0.05, 0.1) is 0 Å². The number of hydrogen-bond donors (Lipinski definition) is 0. The Morgan fingerprint density at radius 1 is 1.15 bits per heavy atom. The minimum Gasteiger partial charge on any atom is -0.120 e. The summed E-state index contributed by atoms with van der Waals surface area (Å²) in [6, 6.07) is 10.3. The maximum Gasteiger partial charge on any atom is 0.0122 e. The quantitative estimate of drug-likeness (QED) is 0.677. The molecule has 1 heteroatoms. The van der Waals surface area contributed by atoms with Gasteiger partial charge in [0.15, 0.2) is 0 Å². The molecule has 0 bridgehead atoms. The zero-order chi connectivity index (χ0) is 9.90. The van der Waals surface area contributed by atoms with Gasteiger partial charge in [-0.2, -0.15) is 0 Å².